The molecule has 20 heavy (non-hydrogen) atoms. The Balaban J connectivity index is 1.63. The Hall–Kier alpha value is -0.520. The molecule has 0 radical (unpaired) electrons. The SMILES string of the molecule is C1CC2=C3CCCC34C2(C1)C12CCCC1=C1CCCC142. The van der Waals surface area contributed by atoms with E-state index in [1.165, 1.54) is 51.4 Å². The Morgan fingerprint density at radius 3 is 0.900 bits per heavy atom. The third-order valence-corrected chi connectivity index (χ3v) is 9.62. The van der Waals surface area contributed by atoms with Gasteiger partial charge in [0.15, 0.2) is 0 Å². The third-order valence-electron chi connectivity index (χ3n) is 9.62. The highest BCUT2D eigenvalue weighted by Crippen LogP contribution is 3.04. The fourth-order valence-electron chi connectivity index (χ4n) is 10.2. The van der Waals surface area contributed by atoms with E-state index in [2.05, 4.69) is 0 Å². The van der Waals surface area contributed by atoms with E-state index in [4.69, 9.17) is 0 Å². The molecule has 7 aliphatic carbocycles. The second kappa shape index (κ2) is 2.50. The predicted octanol–water partition coefficient (Wildman–Crippen LogP) is 5.30. The second-order valence-electron chi connectivity index (χ2n) is 8.95. The van der Waals surface area contributed by atoms with Gasteiger partial charge in [-0.2, -0.15) is 0 Å². The summed E-state index contributed by atoms with van der Waals surface area (Å²) in [5, 5.41) is 0. The highest BCUT2D eigenvalue weighted by Gasteiger charge is 2.97. The summed E-state index contributed by atoms with van der Waals surface area (Å²) in [4.78, 5) is 0. The van der Waals surface area contributed by atoms with Gasteiger partial charge in [0.1, 0.15) is 0 Å². The zero-order valence-electron chi connectivity index (χ0n) is 12.5. The van der Waals surface area contributed by atoms with E-state index in [9.17, 15) is 0 Å². The van der Waals surface area contributed by atoms with Crippen molar-refractivity contribution in [2.45, 2.75) is 77.0 Å². The van der Waals surface area contributed by atoms with Gasteiger partial charge in [-0.15, -0.1) is 0 Å². The van der Waals surface area contributed by atoms with Crippen LogP contribution in [0.1, 0.15) is 77.0 Å². The fraction of sp³-hybridized carbons (Fsp3) is 0.800. The Morgan fingerprint density at radius 2 is 0.650 bits per heavy atom. The molecule has 0 aromatic heterocycles. The van der Waals surface area contributed by atoms with Gasteiger partial charge in [0.25, 0.3) is 0 Å². The summed E-state index contributed by atoms with van der Waals surface area (Å²) in [6.45, 7) is 0. The lowest BCUT2D eigenvalue weighted by molar-refractivity contribution is -0.308. The van der Waals surface area contributed by atoms with Crippen molar-refractivity contribution in [2.75, 3.05) is 0 Å². The molecular weight excluding hydrogens is 240 g/mol. The van der Waals surface area contributed by atoms with Crippen LogP contribution in [0.25, 0.3) is 0 Å². The molecule has 0 aromatic carbocycles. The Morgan fingerprint density at radius 1 is 0.400 bits per heavy atom. The average Bonchev–Trinajstić information content (AvgIpc) is 3.18. The van der Waals surface area contributed by atoms with Crippen molar-refractivity contribution in [3.05, 3.63) is 22.3 Å². The molecule has 0 saturated heterocycles. The van der Waals surface area contributed by atoms with E-state index in [0.717, 1.165) is 21.7 Å². The van der Waals surface area contributed by atoms with Crippen LogP contribution in [-0.2, 0) is 0 Å². The molecule has 0 nitrogen and oxygen atoms in total. The highest BCUT2D eigenvalue weighted by molar-refractivity contribution is 5.73. The second-order valence-corrected chi connectivity index (χ2v) is 8.95. The average molecular weight is 264 g/mol. The van der Waals surface area contributed by atoms with Crippen LogP contribution in [0.15, 0.2) is 22.3 Å². The predicted molar refractivity (Wildman–Crippen MR) is 79.2 cm³/mol. The lowest BCUT2D eigenvalue weighted by Gasteiger charge is -2.91. The summed E-state index contributed by atoms with van der Waals surface area (Å²) in [6.07, 6.45) is 18.5. The zero-order chi connectivity index (χ0) is 12.8. The van der Waals surface area contributed by atoms with Crippen LogP contribution in [0.2, 0.25) is 0 Å². The number of hydrogen-bond donors (Lipinski definition) is 0. The van der Waals surface area contributed by atoms with Gasteiger partial charge in [0, 0.05) is 21.7 Å². The molecule has 5 fully saturated rings. The minimum atomic E-state index is 0.755. The molecule has 5 saturated carbocycles. The monoisotopic (exact) mass is 264 g/mol. The van der Waals surface area contributed by atoms with Gasteiger partial charge in [-0.3, -0.25) is 0 Å². The molecule has 0 aliphatic heterocycles. The van der Waals surface area contributed by atoms with E-state index in [1.807, 2.05) is 22.3 Å². The van der Waals surface area contributed by atoms with Crippen LogP contribution in [0.5, 0.6) is 0 Å². The normalized spacial score (nSPS) is 60.0. The van der Waals surface area contributed by atoms with Crippen LogP contribution >= 0.6 is 0 Å². The van der Waals surface area contributed by atoms with E-state index in [1.54, 1.807) is 25.7 Å². The summed E-state index contributed by atoms with van der Waals surface area (Å²) in [6, 6.07) is 0. The molecule has 4 spiro atoms. The largest absolute Gasteiger partial charge is 0.0624 e. The molecule has 0 aromatic rings. The van der Waals surface area contributed by atoms with Crippen LogP contribution in [0, 0.1) is 21.7 Å². The van der Waals surface area contributed by atoms with E-state index in [0.29, 0.717) is 0 Å². The minimum Gasteiger partial charge on any atom is -0.0624 e. The fourth-order valence-corrected chi connectivity index (χ4v) is 10.2. The first kappa shape index (κ1) is 10.2. The van der Waals surface area contributed by atoms with Crippen LogP contribution < -0.4 is 0 Å². The zero-order valence-corrected chi connectivity index (χ0v) is 12.5. The van der Waals surface area contributed by atoms with Crippen molar-refractivity contribution < 1.29 is 0 Å². The van der Waals surface area contributed by atoms with Gasteiger partial charge in [-0.1, -0.05) is 22.3 Å². The molecule has 7 aliphatic rings. The number of rotatable bonds is 0. The van der Waals surface area contributed by atoms with Crippen LogP contribution in [0.4, 0.5) is 0 Å². The maximum atomic E-state index is 2.05. The standard InChI is InChI=1S/C20H24/c1-5-13-14-6-2-10-18(14)17(13,9-1)19-11-3-7-15(19)16-8-4-12-20(16,18)19/h1-12H2. The van der Waals surface area contributed by atoms with E-state index >= 15 is 0 Å². The molecule has 0 heteroatoms. The summed E-state index contributed by atoms with van der Waals surface area (Å²) >= 11 is 0. The van der Waals surface area contributed by atoms with Crippen molar-refractivity contribution in [3.8, 4) is 0 Å². The number of allylic oxidation sites excluding steroid dienone is 4. The van der Waals surface area contributed by atoms with Crippen LogP contribution in [0.3, 0.4) is 0 Å². The molecule has 0 N–H and O–H groups in total. The van der Waals surface area contributed by atoms with Crippen molar-refractivity contribution in [2.24, 2.45) is 21.7 Å². The molecule has 7 rings (SSSR count). The minimum absolute atomic E-state index is 0.755. The summed E-state index contributed by atoms with van der Waals surface area (Å²) in [5.74, 6) is 0. The van der Waals surface area contributed by atoms with Gasteiger partial charge in [-0.25, -0.2) is 0 Å². The molecule has 0 bridgehead atoms. The van der Waals surface area contributed by atoms with Gasteiger partial charge >= 0.3 is 0 Å². The molecule has 0 unspecified atom stereocenters. The van der Waals surface area contributed by atoms with Gasteiger partial charge in [0.2, 0.25) is 0 Å². The molecule has 0 amide bonds. The first-order chi connectivity index (χ1) is 9.87. The van der Waals surface area contributed by atoms with E-state index < -0.39 is 0 Å². The lowest BCUT2D eigenvalue weighted by atomic mass is 9.11. The summed E-state index contributed by atoms with van der Waals surface area (Å²) in [7, 11) is 0. The van der Waals surface area contributed by atoms with Gasteiger partial charge in [0.05, 0.1) is 0 Å². The summed E-state index contributed by atoms with van der Waals surface area (Å²) < 4.78 is 0. The van der Waals surface area contributed by atoms with Gasteiger partial charge < -0.3 is 0 Å². The quantitative estimate of drug-likeness (QED) is 0.521. The van der Waals surface area contributed by atoms with Crippen molar-refractivity contribution in [3.63, 3.8) is 0 Å². The smallest absolute Gasteiger partial charge is 0.0120 e. The molecule has 0 heterocycles. The molecule has 0 atom stereocenters. The van der Waals surface area contributed by atoms with Crippen LogP contribution in [-0.4, -0.2) is 0 Å². The third kappa shape index (κ3) is 0.521. The lowest BCUT2D eigenvalue weighted by Crippen LogP contribution is -2.85. The highest BCUT2D eigenvalue weighted by atomic mass is 15.0. The molecule has 104 valence electrons. The maximum absolute atomic E-state index is 2.05. The Labute approximate surface area is 121 Å². The van der Waals surface area contributed by atoms with Crippen molar-refractivity contribution in [1.29, 1.82) is 0 Å². The Bertz CT molecular complexity index is 534. The Kier molecular flexibility index (Phi) is 1.28. The number of hydrogen-bond acceptors (Lipinski definition) is 0. The van der Waals surface area contributed by atoms with Crippen molar-refractivity contribution in [1.82, 2.24) is 0 Å². The topological polar surface area (TPSA) is 0 Å². The molecular formula is C20H24. The van der Waals surface area contributed by atoms with E-state index in [-0.39, 0.29) is 0 Å². The summed E-state index contributed by atoms with van der Waals surface area (Å²) in [5.41, 5.74) is 11.2. The van der Waals surface area contributed by atoms with Crippen molar-refractivity contribution >= 4 is 0 Å². The first-order valence-electron chi connectivity index (χ1n) is 9.33. The van der Waals surface area contributed by atoms with Gasteiger partial charge in [-0.05, 0) is 77.0 Å². The maximum Gasteiger partial charge on any atom is 0.0120 e. The first-order valence-corrected chi connectivity index (χ1v) is 9.33.